The number of anilines is 1. The van der Waals surface area contributed by atoms with E-state index in [0.29, 0.717) is 24.4 Å². The molecule has 0 fully saturated rings. The van der Waals surface area contributed by atoms with Crippen LogP contribution in [0.3, 0.4) is 0 Å². The second-order valence-electron chi connectivity index (χ2n) is 3.54. The molecule has 4 N–H and O–H groups in total. The minimum absolute atomic E-state index is 0.190. The van der Waals surface area contributed by atoms with E-state index in [4.69, 9.17) is 17.3 Å². The Morgan fingerprint density at radius 3 is 3.00 bits per heavy atom. The number of amides is 1. The average Bonchev–Trinajstić information content (AvgIpc) is 2.80. The number of carbonyl (C=O) groups is 1. The van der Waals surface area contributed by atoms with E-state index < -0.39 is 0 Å². The molecule has 7 nitrogen and oxygen atoms in total. The molecule has 0 spiro atoms. The van der Waals surface area contributed by atoms with Crippen molar-refractivity contribution in [1.82, 2.24) is 25.5 Å². The molecule has 0 aliphatic heterocycles. The first-order chi connectivity index (χ1) is 8.65. The minimum atomic E-state index is -0.259. The van der Waals surface area contributed by atoms with Gasteiger partial charge in [0.15, 0.2) is 0 Å². The number of aromatic amines is 1. The van der Waals surface area contributed by atoms with Crippen LogP contribution < -0.4 is 11.1 Å². The summed E-state index contributed by atoms with van der Waals surface area (Å²) >= 11 is 5.72. The summed E-state index contributed by atoms with van der Waals surface area (Å²) in [6, 6.07) is 2.93. The number of carbonyl (C=O) groups excluding carboxylic acids is 1. The number of rotatable bonds is 4. The maximum atomic E-state index is 11.8. The van der Waals surface area contributed by atoms with Gasteiger partial charge in [-0.25, -0.2) is 9.97 Å². The van der Waals surface area contributed by atoms with Gasteiger partial charge in [0.05, 0.1) is 0 Å². The van der Waals surface area contributed by atoms with Crippen LogP contribution in [0, 0.1) is 0 Å². The number of nitrogen functional groups attached to an aromatic ring is 1. The van der Waals surface area contributed by atoms with E-state index in [1.807, 2.05) is 0 Å². The smallest absolute Gasteiger partial charge is 0.251 e. The van der Waals surface area contributed by atoms with Crippen LogP contribution in [-0.2, 0) is 6.42 Å². The summed E-state index contributed by atoms with van der Waals surface area (Å²) < 4.78 is 0. The lowest BCUT2D eigenvalue weighted by Gasteiger charge is -2.05. The van der Waals surface area contributed by atoms with Gasteiger partial charge < -0.3 is 11.1 Å². The predicted octanol–water partition coefficient (Wildman–Crippen LogP) is 0.408. The van der Waals surface area contributed by atoms with Crippen molar-refractivity contribution in [2.24, 2.45) is 0 Å². The highest BCUT2D eigenvalue weighted by Gasteiger charge is 2.08. The zero-order valence-electron chi connectivity index (χ0n) is 9.35. The Balaban J connectivity index is 1.91. The third-order valence-electron chi connectivity index (χ3n) is 2.19. The van der Waals surface area contributed by atoms with Gasteiger partial charge in [-0.1, -0.05) is 11.6 Å². The molecule has 2 rings (SSSR count). The minimum Gasteiger partial charge on any atom is -0.384 e. The van der Waals surface area contributed by atoms with Gasteiger partial charge >= 0.3 is 0 Å². The van der Waals surface area contributed by atoms with Crippen LogP contribution >= 0.6 is 11.6 Å². The van der Waals surface area contributed by atoms with Crippen LogP contribution in [0.15, 0.2) is 18.5 Å². The maximum Gasteiger partial charge on any atom is 0.251 e. The van der Waals surface area contributed by atoms with Gasteiger partial charge in [-0.15, -0.1) is 0 Å². The molecule has 1 amide bonds. The van der Waals surface area contributed by atoms with E-state index in [1.54, 1.807) is 0 Å². The largest absolute Gasteiger partial charge is 0.384 e. The van der Waals surface area contributed by atoms with Crippen molar-refractivity contribution in [3.8, 4) is 0 Å². The molecule has 0 atom stereocenters. The first-order valence-corrected chi connectivity index (χ1v) is 5.58. The van der Waals surface area contributed by atoms with Gasteiger partial charge in [-0.05, 0) is 12.1 Å². The number of hydrogen-bond acceptors (Lipinski definition) is 5. The van der Waals surface area contributed by atoms with Crippen molar-refractivity contribution in [3.63, 3.8) is 0 Å². The van der Waals surface area contributed by atoms with Crippen LogP contribution in [0.5, 0.6) is 0 Å². The highest BCUT2D eigenvalue weighted by molar-refractivity contribution is 6.29. The Hall–Kier alpha value is -2.15. The lowest BCUT2D eigenvalue weighted by molar-refractivity contribution is 0.0954. The van der Waals surface area contributed by atoms with Crippen LogP contribution in [0.25, 0.3) is 0 Å². The Bertz CT molecular complexity index is 521. The molecule has 0 saturated carbocycles. The second-order valence-corrected chi connectivity index (χ2v) is 3.93. The molecular formula is C10H11ClN6O. The van der Waals surface area contributed by atoms with Crippen LogP contribution in [0.2, 0.25) is 5.15 Å². The van der Waals surface area contributed by atoms with Crippen molar-refractivity contribution in [2.45, 2.75) is 6.42 Å². The topological polar surface area (TPSA) is 110 Å². The quantitative estimate of drug-likeness (QED) is 0.694. The fourth-order valence-corrected chi connectivity index (χ4v) is 1.61. The Morgan fingerprint density at radius 1 is 1.50 bits per heavy atom. The fourth-order valence-electron chi connectivity index (χ4n) is 1.40. The normalized spacial score (nSPS) is 10.3. The number of pyridine rings is 1. The average molecular weight is 267 g/mol. The van der Waals surface area contributed by atoms with E-state index in [0.717, 1.165) is 0 Å². The highest BCUT2D eigenvalue weighted by atomic mass is 35.5. The van der Waals surface area contributed by atoms with Crippen molar-refractivity contribution >= 4 is 23.3 Å². The van der Waals surface area contributed by atoms with Crippen molar-refractivity contribution in [1.29, 1.82) is 0 Å². The maximum absolute atomic E-state index is 11.8. The van der Waals surface area contributed by atoms with E-state index in [-0.39, 0.29) is 16.9 Å². The molecule has 0 radical (unpaired) electrons. The second kappa shape index (κ2) is 5.46. The lowest BCUT2D eigenvalue weighted by Crippen LogP contribution is -2.26. The molecule has 0 aliphatic rings. The van der Waals surface area contributed by atoms with Gasteiger partial charge in [-0.2, -0.15) is 5.10 Å². The molecule has 0 bridgehead atoms. The van der Waals surface area contributed by atoms with Crippen molar-refractivity contribution < 1.29 is 4.79 Å². The number of hydrogen-bond donors (Lipinski definition) is 3. The summed E-state index contributed by atoms with van der Waals surface area (Å²) in [5, 5.41) is 9.33. The summed E-state index contributed by atoms with van der Waals surface area (Å²) in [6.07, 6.45) is 1.99. The van der Waals surface area contributed by atoms with Gasteiger partial charge in [0, 0.05) is 18.5 Å². The molecule has 0 saturated heterocycles. The Morgan fingerprint density at radius 2 is 2.33 bits per heavy atom. The van der Waals surface area contributed by atoms with Crippen molar-refractivity contribution in [3.05, 3.63) is 35.0 Å². The standard InChI is InChI=1S/C10H11ClN6O/c11-7-3-6(4-8(12)16-7)10(18)13-2-1-9-14-5-15-17-9/h3-5H,1-2H2,(H2,12,16)(H,13,18)(H,14,15,17). The van der Waals surface area contributed by atoms with E-state index in [2.05, 4.69) is 25.5 Å². The van der Waals surface area contributed by atoms with Crippen LogP contribution in [0.4, 0.5) is 5.82 Å². The molecule has 2 aromatic heterocycles. The fraction of sp³-hybridized carbons (Fsp3) is 0.200. The summed E-state index contributed by atoms with van der Waals surface area (Å²) in [6.45, 7) is 0.438. The summed E-state index contributed by atoms with van der Waals surface area (Å²) in [5.74, 6) is 0.663. The monoisotopic (exact) mass is 266 g/mol. The molecule has 0 aliphatic carbocycles. The lowest BCUT2D eigenvalue weighted by atomic mass is 10.2. The molecule has 0 aromatic carbocycles. The van der Waals surface area contributed by atoms with Crippen molar-refractivity contribution in [2.75, 3.05) is 12.3 Å². The van der Waals surface area contributed by atoms with Gasteiger partial charge in [0.2, 0.25) is 0 Å². The Kier molecular flexibility index (Phi) is 3.73. The molecule has 8 heteroatoms. The third kappa shape index (κ3) is 3.17. The van der Waals surface area contributed by atoms with Gasteiger partial charge in [-0.3, -0.25) is 9.89 Å². The highest BCUT2D eigenvalue weighted by Crippen LogP contribution is 2.11. The number of aromatic nitrogens is 4. The molecule has 2 heterocycles. The SMILES string of the molecule is Nc1cc(C(=O)NCCc2ncn[nH]2)cc(Cl)n1. The summed E-state index contributed by atoms with van der Waals surface area (Å²) in [7, 11) is 0. The summed E-state index contributed by atoms with van der Waals surface area (Å²) in [5.41, 5.74) is 5.88. The third-order valence-corrected chi connectivity index (χ3v) is 2.38. The zero-order chi connectivity index (χ0) is 13.0. The molecule has 2 aromatic rings. The van der Waals surface area contributed by atoms with E-state index >= 15 is 0 Å². The number of nitrogens with zero attached hydrogens (tertiary/aromatic N) is 3. The zero-order valence-corrected chi connectivity index (χ0v) is 10.1. The van der Waals surface area contributed by atoms with Crippen LogP contribution in [-0.4, -0.2) is 32.6 Å². The predicted molar refractivity (Wildman–Crippen MR) is 66.1 cm³/mol. The number of nitrogens with two attached hydrogens (primary N) is 1. The van der Waals surface area contributed by atoms with Gasteiger partial charge in [0.25, 0.3) is 5.91 Å². The van der Waals surface area contributed by atoms with Crippen LogP contribution in [0.1, 0.15) is 16.2 Å². The molecular weight excluding hydrogens is 256 g/mol. The number of nitrogens with one attached hydrogen (secondary N) is 2. The van der Waals surface area contributed by atoms with Gasteiger partial charge in [0.1, 0.15) is 23.1 Å². The molecule has 18 heavy (non-hydrogen) atoms. The first kappa shape index (κ1) is 12.3. The number of H-pyrrole nitrogens is 1. The molecule has 94 valence electrons. The first-order valence-electron chi connectivity index (χ1n) is 5.20. The molecule has 0 unspecified atom stereocenters. The Labute approximate surface area is 108 Å². The van der Waals surface area contributed by atoms with E-state index in [1.165, 1.54) is 18.5 Å². The summed E-state index contributed by atoms with van der Waals surface area (Å²) in [4.78, 5) is 19.5. The van der Waals surface area contributed by atoms with E-state index in [9.17, 15) is 4.79 Å². The number of halogens is 1.